The Morgan fingerprint density at radius 2 is 1.67 bits per heavy atom. The third-order valence-electron chi connectivity index (χ3n) is 4.99. The average molecular weight is 389 g/mol. The van der Waals surface area contributed by atoms with Crippen molar-refractivity contribution in [1.82, 2.24) is 0 Å². The molecule has 6 heteroatoms. The highest BCUT2D eigenvalue weighted by molar-refractivity contribution is 7.92. The van der Waals surface area contributed by atoms with Gasteiger partial charge in [0.2, 0.25) is 0 Å². The van der Waals surface area contributed by atoms with Gasteiger partial charge in [-0.15, -0.1) is 0 Å². The largest absolute Gasteiger partial charge is 0.380 e. The second kappa shape index (κ2) is 7.52. The van der Waals surface area contributed by atoms with Gasteiger partial charge in [0.15, 0.2) is 0 Å². The van der Waals surface area contributed by atoms with E-state index in [0.717, 1.165) is 30.8 Å². The van der Waals surface area contributed by atoms with Crippen molar-refractivity contribution in [2.75, 3.05) is 29.8 Å². The minimum atomic E-state index is -3.60. The number of benzene rings is 2. The van der Waals surface area contributed by atoms with E-state index in [1.165, 1.54) is 0 Å². The van der Waals surface area contributed by atoms with Gasteiger partial charge < -0.3 is 9.64 Å². The Bertz CT molecular complexity index is 869. The molecule has 0 aliphatic carbocycles. The fraction of sp³-hybridized carbons (Fsp3) is 0.429. The van der Waals surface area contributed by atoms with Gasteiger partial charge in [0, 0.05) is 31.6 Å². The standard InChI is InChI=1S/C21H28N2O3S/c1-21(2,3)16-5-11-20(12-6-16)27(24,25)22-17-7-9-18(10-8-17)23-14-13-19(15-23)26-4/h5-12,19,22H,13-15H2,1-4H3. The Kier molecular flexibility index (Phi) is 5.49. The van der Waals surface area contributed by atoms with Gasteiger partial charge in [0.1, 0.15) is 0 Å². The van der Waals surface area contributed by atoms with Crippen molar-refractivity contribution in [1.29, 1.82) is 0 Å². The topological polar surface area (TPSA) is 58.6 Å². The molecule has 1 heterocycles. The Balaban J connectivity index is 1.70. The predicted molar refractivity (Wildman–Crippen MR) is 110 cm³/mol. The van der Waals surface area contributed by atoms with Crippen LogP contribution in [0.4, 0.5) is 11.4 Å². The quantitative estimate of drug-likeness (QED) is 0.841. The van der Waals surface area contributed by atoms with Gasteiger partial charge in [0.05, 0.1) is 11.0 Å². The normalized spacial score (nSPS) is 17.9. The van der Waals surface area contributed by atoms with Crippen molar-refractivity contribution in [3.63, 3.8) is 0 Å². The van der Waals surface area contributed by atoms with Crippen molar-refractivity contribution in [3.8, 4) is 0 Å². The van der Waals surface area contributed by atoms with Gasteiger partial charge >= 0.3 is 0 Å². The fourth-order valence-corrected chi connectivity index (χ4v) is 4.30. The van der Waals surface area contributed by atoms with E-state index in [1.54, 1.807) is 31.4 Å². The van der Waals surface area contributed by atoms with Crippen LogP contribution in [-0.2, 0) is 20.2 Å². The van der Waals surface area contributed by atoms with Crippen LogP contribution < -0.4 is 9.62 Å². The van der Waals surface area contributed by atoms with Crippen molar-refractivity contribution in [2.24, 2.45) is 0 Å². The van der Waals surface area contributed by atoms with E-state index in [0.29, 0.717) is 5.69 Å². The molecule has 1 atom stereocenters. The molecule has 0 aromatic heterocycles. The maximum atomic E-state index is 12.6. The molecule has 0 bridgehead atoms. The third-order valence-corrected chi connectivity index (χ3v) is 6.39. The predicted octanol–water partition coefficient (Wildman–Crippen LogP) is 4.01. The number of methoxy groups -OCH3 is 1. The summed E-state index contributed by atoms with van der Waals surface area (Å²) in [6.07, 6.45) is 1.27. The molecule has 1 aliphatic rings. The first-order chi connectivity index (χ1) is 12.7. The third kappa shape index (κ3) is 4.62. The fourth-order valence-electron chi connectivity index (χ4n) is 3.24. The average Bonchev–Trinajstić information content (AvgIpc) is 3.11. The molecule has 27 heavy (non-hydrogen) atoms. The number of nitrogens with one attached hydrogen (secondary N) is 1. The molecule has 1 aliphatic heterocycles. The van der Waals surface area contributed by atoms with E-state index in [9.17, 15) is 8.42 Å². The van der Waals surface area contributed by atoms with Gasteiger partial charge in [-0.2, -0.15) is 0 Å². The molecule has 5 nitrogen and oxygen atoms in total. The molecule has 0 spiro atoms. The second-order valence-corrected chi connectivity index (χ2v) is 9.70. The molecular weight excluding hydrogens is 360 g/mol. The van der Waals surface area contributed by atoms with Crippen LogP contribution in [0.2, 0.25) is 0 Å². The van der Waals surface area contributed by atoms with Crippen molar-refractivity contribution < 1.29 is 13.2 Å². The number of sulfonamides is 1. The molecule has 0 radical (unpaired) electrons. The molecule has 2 aromatic carbocycles. The second-order valence-electron chi connectivity index (χ2n) is 8.02. The number of rotatable bonds is 5. The Hall–Kier alpha value is -2.05. The molecule has 146 valence electrons. The first-order valence-electron chi connectivity index (χ1n) is 9.20. The van der Waals surface area contributed by atoms with Crippen molar-refractivity contribution >= 4 is 21.4 Å². The Morgan fingerprint density at radius 1 is 1.04 bits per heavy atom. The van der Waals surface area contributed by atoms with Crippen LogP contribution in [0.25, 0.3) is 0 Å². The summed E-state index contributed by atoms with van der Waals surface area (Å²) in [7, 11) is -1.87. The highest BCUT2D eigenvalue weighted by atomic mass is 32.2. The zero-order valence-corrected chi connectivity index (χ0v) is 17.2. The van der Waals surface area contributed by atoms with E-state index in [2.05, 4.69) is 30.4 Å². The lowest BCUT2D eigenvalue weighted by molar-refractivity contribution is 0.121. The smallest absolute Gasteiger partial charge is 0.261 e. The van der Waals surface area contributed by atoms with E-state index < -0.39 is 10.0 Å². The minimum absolute atomic E-state index is 0.0110. The van der Waals surface area contributed by atoms with E-state index in [4.69, 9.17) is 4.74 Å². The van der Waals surface area contributed by atoms with Crippen LogP contribution >= 0.6 is 0 Å². The highest BCUT2D eigenvalue weighted by Crippen LogP contribution is 2.26. The van der Waals surface area contributed by atoms with Gasteiger partial charge in [-0.1, -0.05) is 32.9 Å². The van der Waals surface area contributed by atoms with Crippen LogP contribution in [0.15, 0.2) is 53.4 Å². The van der Waals surface area contributed by atoms with Gasteiger partial charge in [-0.05, 0) is 53.8 Å². The van der Waals surface area contributed by atoms with Gasteiger partial charge in [0.25, 0.3) is 10.0 Å². The summed E-state index contributed by atoms with van der Waals surface area (Å²) in [5.74, 6) is 0. The highest BCUT2D eigenvalue weighted by Gasteiger charge is 2.22. The number of anilines is 2. The number of hydrogen-bond acceptors (Lipinski definition) is 4. The summed E-state index contributed by atoms with van der Waals surface area (Å²) >= 11 is 0. The summed E-state index contributed by atoms with van der Waals surface area (Å²) in [6.45, 7) is 8.12. The first kappa shape index (κ1) is 19.7. The minimum Gasteiger partial charge on any atom is -0.380 e. The van der Waals surface area contributed by atoms with Crippen LogP contribution in [-0.4, -0.2) is 34.7 Å². The van der Waals surface area contributed by atoms with Crippen molar-refractivity contribution in [3.05, 3.63) is 54.1 Å². The number of ether oxygens (including phenoxy) is 1. The SMILES string of the molecule is COC1CCN(c2ccc(NS(=O)(=O)c3ccc(C(C)(C)C)cc3)cc2)C1. The molecule has 3 rings (SSSR count). The van der Waals surface area contributed by atoms with E-state index >= 15 is 0 Å². The molecule has 1 fully saturated rings. The summed E-state index contributed by atoms with van der Waals surface area (Å²) in [5, 5.41) is 0. The lowest BCUT2D eigenvalue weighted by atomic mass is 9.87. The zero-order chi connectivity index (χ0) is 19.7. The van der Waals surface area contributed by atoms with Crippen LogP contribution in [0, 0.1) is 0 Å². The Labute approximate surface area is 162 Å². The molecule has 1 unspecified atom stereocenters. The monoisotopic (exact) mass is 388 g/mol. The van der Waals surface area contributed by atoms with Crippen LogP contribution in [0.5, 0.6) is 0 Å². The maximum Gasteiger partial charge on any atom is 0.261 e. The van der Waals surface area contributed by atoms with E-state index in [1.807, 2.05) is 24.3 Å². The molecule has 0 amide bonds. The van der Waals surface area contributed by atoms with Crippen LogP contribution in [0.3, 0.4) is 0 Å². The number of nitrogens with zero attached hydrogens (tertiary/aromatic N) is 1. The summed E-state index contributed by atoms with van der Waals surface area (Å²) in [4.78, 5) is 2.51. The summed E-state index contributed by atoms with van der Waals surface area (Å²) in [5.41, 5.74) is 2.72. The lowest BCUT2D eigenvalue weighted by Gasteiger charge is -2.20. The van der Waals surface area contributed by atoms with Gasteiger partial charge in [-0.25, -0.2) is 8.42 Å². The van der Waals surface area contributed by atoms with E-state index in [-0.39, 0.29) is 16.4 Å². The molecule has 1 N–H and O–H groups in total. The molecular formula is C21H28N2O3S. The zero-order valence-electron chi connectivity index (χ0n) is 16.4. The van der Waals surface area contributed by atoms with Crippen molar-refractivity contribution in [2.45, 2.75) is 43.6 Å². The Morgan fingerprint density at radius 3 is 2.19 bits per heavy atom. The van der Waals surface area contributed by atoms with Crippen LogP contribution in [0.1, 0.15) is 32.8 Å². The molecule has 1 saturated heterocycles. The first-order valence-corrected chi connectivity index (χ1v) is 10.7. The molecule has 2 aromatic rings. The summed E-state index contributed by atoms with van der Waals surface area (Å²) in [6, 6.07) is 14.6. The maximum absolute atomic E-state index is 12.6. The van der Waals surface area contributed by atoms with Gasteiger partial charge in [-0.3, -0.25) is 4.72 Å². The number of hydrogen-bond donors (Lipinski definition) is 1. The lowest BCUT2D eigenvalue weighted by Crippen LogP contribution is -2.22. The molecule has 0 saturated carbocycles. The summed E-state index contributed by atoms with van der Waals surface area (Å²) < 4.78 is 33.4.